The second-order valence-electron chi connectivity index (χ2n) is 18.3. The van der Waals surface area contributed by atoms with Gasteiger partial charge in [0, 0.05) is 23.9 Å². The third-order valence-corrected chi connectivity index (χ3v) is 15.7. The molecule has 0 aromatic rings. The smallest absolute Gasteiger partial charge is 0.312 e. The van der Waals surface area contributed by atoms with Gasteiger partial charge in [-0.15, -0.1) is 0 Å². The van der Waals surface area contributed by atoms with Gasteiger partial charge in [-0.25, -0.2) is 0 Å². The van der Waals surface area contributed by atoms with Gasteiger partial charge in [-0.1, -0.05) is 47.1 Å². The lowest BCUT2D eigenvalue weighted by molar-refractivity contribution is -0.238. The molecule has 0 aliphatic heterocycles. The first-order chi connectivity index (χ1) is 21.2. The molecule has 0 bridgehead atoms. The van der Waals surface area contributed by atoms with Gasteiger partial charge in [0.2, 0.25) is 0 Å². The number of rotatable bonds is 3. The van der Waals surface area contributed by atoms with Gasteiger partial charge in [-0.05, 0) is 104 Å². The Bertz CT molecular complexity index is 1290. The minimum Gasteiger partial charge on any atom is -0.459 e. The molecule has 0 radical (unpaired) electrons. The van der Waals surface area contributed by atoms with Crippen molar-refractivity contribution in [3.8, 4) is 0 Å². The Morgan fingerprint density at radius 2 is 1.50 bits per heavy atom. The van der Waals surface area contributed by atoms with Crippen molar-refractivity contribution in [2.45, 2.75) is 143 Å². The second-order valence-corrected chi connectivity index (χ2v) is 18.3. The summed E-state index contributed by atoms with van der Waals surface area (Å²) in [4.78, 5) is 28.5. The van der Waals surface area contributed by atoms with Crippen molar-refractivity contribution >= 4 is 11.8 Å². The van der Waals surface area contributed by atoms with Crippen molar-refractivity contribution in [1.29, 1.82) is 0 Å². The first kappa shape index (κ1) is 34.5. The topological polar surface area (TPSA) is 165 Å². The first-order valence-corrected chi connectivity index (χ1v) is 17.7. The predicted molar refractivity (Wildman–Crippen MR) is 170 cm³/mol. The SMILES string of the molecule is CC1(C)[C@@H](O)CC[C@]2(C)C3C(=O)C=C4[C@@H]5C[C@@](C)(C(=O)O[C@@H]6C[C@H](CO)[C@@H](O)C(O)[C@H]6O)CC[C@]5(C)CC[C@@]4(C)[C@]3(C)[C@@H](O)C[C@@H]12. The van der Waals surface area contributed by atoms with Crippen molar-refractivity contribution in [3.05, 3.63) is 11.6 Å². The van der Waals surface area contributed by atoms with E-state index in [-0.39, 0.29) is 40.8 Å². The Morgan fingerprint density at radius 1 is 0.848 bits per heavy atom. The van der Waals surface area contributed by atoms with Gasteiger partial charge in [0.1, 0.15) is 18.3 Å². The van der Waals surface area contributed by atoms with E-state index in [0.717, 1.165) is 31.3 Å². The van der Waals surface area contributed by atoms with Crippen LogP contribution >= 0.6 is 0 Å². The molecule has 5 saturated carbocycles. The van der Waals surface area contributed by atoms with Crippen molar-refractivity contribution in [2.75, 3.05) is 6.61 Å². The maximum absolute atomic E-state index is 14.6. The molecule has 46 heavy (non-hydrogen) atoms. The summed E-state index contributed by atoms with van der Waals surface area (Å²) in [5.74, 6) is -1.61. The van der Waals surface area contributed by atoms with Crippen molar-refractivity contribution in [2.24, 2.45) is 56.2 Å². The van der Waals surface area contributed by atoms with Crippen LogP contribution in [-0.4, -0.2) is 85.6 Å². The second kappa shape index (κ2) is 10.8. The summed E-state index contributed by atoms with van der Waals surface area (Å²) in [7, 11) is 0. The van der Waals surface area contributed by atoms with Crippen LogP contribution in [0.1, 0.15) is 106 Å². The highest BCUT2D eigenvalue weighted by Crippen LogP contribution is 2.75. The number of aliphatic hydroxyl groups is 6. The highest BCUT2D eigenvalue weighted by atomic mass is 16.6. The number of allylic oxidation sites excluding steroid dienone is 2. The molecule has 0 aromatic heterocycles. The number of aliphatic hydroxyl groups excluding tert-OH is 6. The molecule has 6 aliphatic rings. The van der Waals surface area contributed by atoms with E-state index in [0.29, 0.717) is 25.7 Å². The van der Waals surface area contributed by atoms with Crippen molar-refractivity contribution < 1.29 is 45.0 Å². The van der Waals surface area contributed by atoms with Crippen LogP contribution in [0.2, 0.25) is 0 Å². The number of hydrogen-bond donors (Lipinski definition) is 6. The molecule has 6 aliphatic carbocycles. The molecule has 6 rings (SSSR count). The molecule has 15 atom stereocenters. The molecule has 0 heterocycles. The van der Waals surface area contributed by atoms with Gasteiger partial charge in [-0.3, -0.25) is 9.59 Å². The molecule has 260 valence electrons. The molecule has 0 aromatic carbocycles. The van der Waals surface area contributed by atoms with Crippen LogP contribution in [0.3, 0.4) is 0 Å². The van der Waals surface area contributed by atoms with Gasteiger partial charge in [0.25, 0.3) is 0 Å². The Hall–Kier alpha value is -1.36. The van der Waals surface area contributed by atoms with E-state index in [1.807, 2.05) is 13.0 Å². The molecule has 0 spiro atoms. The van der Waals surface area contributed by atoms with Crippen LogP contribution in [0.5, 0.6) is 0 Å². The van der Waals surface area contributed by atoms with Crippen LogP contribution in [-0.2, 0) is 14.3 Å². The highest BCUT2D eigenvalue weighted by molar-refractivity contribution is 5.96. The summed E-state index contributed by atoms with van der Waals surface area (Å²) < 4.78 is 5.90. The van der Waals surface area contributed by atoms with Crippen molar-refractivity contribution in [1.82, 2.24) is 0 Å². The van der Waals surface area contributed by atoms with E-state index < -0.39 is 76.8 Å². The molecular formula is C37H58O9. The first-order valence-electron chi connectivity index (χ1n) is 17.7. The number of ether oxygens (including phenoxy) is 1. The Morgan fingerprint density at radius 3 is 2.15 bits per heavy atom. The summed E-state index contributed by atoms with van der Waals surface area (Å²) in [6, 6.07) is 0. The fourth-order valence-corrected chi connectivity index (χ4v) is 12.2. The minimum absolute atomic E-state index is 0.00104. The zero-order valence-corrected chi connectivity index (χ0v) is 28.8. The van der Waals surface area contributed by atoms with Gasteiger partial charge >= 0.3 is 5.97 Å². The summed E-state index contributed by atoms with van der Waals surface area (Å²) in [6.07, 6.45) is 0.837. The molecule has 9 nitrogen and oxygen atoms in total. The molecule has 5 fully saturated rings. The lowest BCUT2D eigenvalue weighted by atomic mass is 9.33. The molecule has 6 N–H and O–H groups in total. The maximum atomic E-state index is 14.6. The molecule has 9 heteroatoms. The number of esters is 1. The van der Waals surface area contributed by atoms with E-state index >= 15 is 0 Å². The van der Waals surface area contributed by atoms with Crippen molar-refractivity contribution in [3.63, 3.8) is 0 Å². The number of ketones is 1. The average Bonchev–Trinajstić information content (AvgIpc) is 2.99. The number of hydrogen-bond acceptors (Lipinski definition) is 9. The van der Waals surface area contributed by atoms with Gasteiger partial charge < -0.3 is 35.4 Å². The number of carbonyl (C=O) groups is 2. The summed E-state index contributed by atoms with van der Waals surface area (Å²) in [5, 5.41) is 64.2. The predicted octanol–water partition coefficient (Wildman–Crippen LogP) is 3.31. The quantitative estimate of drug-likeness (QED) is 0.253. The van der Waals surface area contributed by atoms with Gasteiger partial charge in [-0.2, -0.15) is 0 Å². The normalized spacial score (nSPS) is 54.8. The highest BCUT2D eigenvalue weighted by Gasteiger charge is 2.73. The van der Waals surface area contributed by atoms with Crippen LogP contribution in [0.25, 0.3) is 0 Å². The third-order valence-electron chi connectivity index (χ3n) is 15.7. The largest absolute Gasteiger partial charge is 0.459 e. The monoisotopic (exact) mass is 646 g/mol. The lowest BCUT2D eigenvalue weighted by Gasteiger charge is -2.71. The van der Waals surface area contributed by atoms with Gasteiger partial charge in [0.15, 0.2) is 5.78 Å². The Balaban J connectivity index is 1.34. The molecule has 0 amide bonds. The summed E-state index contributed by atoms with van der Waals surface area (Å²) in [5.41, 5.74) is -1.98. The Labute approximate surface area is 273 Å². The summed E-state index contributed by atoms with van der Waals surface area (Å²) >= 11 is 0. The molecule has 0 saturated heterocycles. The Kier molecular flexibility index (Phi) is 8.11. The zero-order valence-electron chi connectivity index (χ0n) is 28.8. The van der Waals surface area contributed by atoms with Crippen LogP contribution < -0.4 is 0 Å². The standard InChI is InChI=1S/C37H58O9/c1-32(2)24-16-26(41)37(7)30(35(24,5)9-8-25(32)40)22(39)15-20-21-17-34(4,11-10-33(21,3)12-13-36(20,37)6)31(45)46-23-14-19(18-38)27(42)29(44)28(23)43/h15,19,21,23-30,38,40-44H,8-14,16-18H2,1-7H3/t19-,21+,23-,24+,25+,26+,27-,28+,29?,30?,33-,34+,35+,36-,37-/m1/s1. The summed E-state index contributed by atoms with van der Waals surface area (Å²) in [6.45, 7) is 14.5. The van der Waals surface area contributed by atoms with E-state index in [1.54, 1.807) is 0 Å². The number of carbonyl (C=O) groups excluding carboxylic acids is 2. The zero-order chi connectivity index (χ0) is 34.0. The third kappa shape index (κ3) is 4.47. The van der Waals surface area contributed by atoms with Crippen LogP contribution in [0.15, 0.2) is 11.6 Å². The van der Waals surface area contributed by atoms with Crippen LogP contribution in [0, 0.1) is 56.2 Å². The molecular weight excluding hydrogens is 588 g/mol. The van der Waals surface area contributed by atoms with Crippen LogP contribution in [0.4, 0.5) is 0 Å². The van der Waals surface area contributed by atoms with E-state index in [4.69, 9.17) is 4.74 Å². The van der Waals surface area contributed by atoms with E-state index in [9.17, 15) is 40.2 Å². The minimum atomic E-state index is -1.53. The fourth-order valence-electron chi connectivity index (χ4n) is 12.2. The van der Waals surface area contributed by atoms with Gasteiger partial charge in [0.05, 0.1) is 23.7 Å². The fraction of sp³-hybridized carbons (Fsp3) is 0.892. The lowest BCUT2D eigenvalue weighted by Crippen LogP contribution is -2.70. The average molecular weight is 647 g/mol. The number of fused-ring (bicyclic) bond motifs is 7. The van der Waals surface area contributed by atoms with E-state index in [2.05, 4.69) is 41.5 Å². The maximum Gasteiger partial charge on any atom is 0.312 e. The molecule has 2 unspecified atom stereocenters. The van der Waals surface area contributed by atoms with E-state index in [1.165, 1.54) is 0 Å².